The van der Waals surface area contributed by atoms with Gasteiger partial charge in [-0.05, 0) is 30.3 Å². The molecule has 0 radical (unpaired) electrons. The second kappa shape index (κ2) is 7.22. The Morgan fingerprint density at radius 2 is 1.73 bits per heavy atom. The molecule has 0 aliphatic carbocycles. The second-order valence-electron chi connectivity index (χ2n) is 7.61. The molecule has 6 nitrogen and oxygen atoms in total. The third-order valence-electron chi connectivity index (χ3n) is 5.87. The highest BCUT2D eigenvalue weighted by molar-refractivity contribution is 6.30. The van der Waals surface area contributed by atoms with E-state index in [0.717, 1.165) is 35.2 Å². The van der Waals surface area contributed by atoms with Crippen LogP contribution in [0.2, 0.25) is 5.02 Å². The lowest BCUT2D eigenvalue weighted by molar-refractivity contribution is 0.0737. The van der Waals surface area contributed by atoms with E-state index < -0.39 is 0 Å². The van der Waals surface area contributed by atoms with Gasteiger partial charge < -0.3 is 19.4 Å². The Balaban J connectivity index is 1.44. The molecule has 1 aliphatic rings. The lowest BCUT2D eigenvalue weighted by Gasteiger charge is -2.36. The molecule has 5 rings (SSSR count). The molecular weight excluding hydrogens is 400 g/mol. The maximum absolute atomic E-state index is 13.3. The van der Waals surface area contributed by atoms with Crippen molar-refractivity contribution in [2.45, 2.75) is 0 Å². The maximum Gasteiger partial charge on any atom is 0.270 e. The van der Waals surface area contributed by atoms with Crippen LogP contribution >= 0.6 is 11.6 Å². The number of anilines is 1. The highest BCUT2D eigenvalue weighted by Gasteiger charge is 2.26. The molecule has 1 N–H and O–H groups in total. The number of carbonyl (C=O) groups is 1. The third-order valence-corrected chi connectivity index (χ3v) is 6.10. The average Bonchev–Trinajstić information content (AvgIpc) is 3.12. The van der Waals surface area contributed by atoms with E-state index in [1.165, 1.54) is 0 Å². The van der Waals surface area contributed by atoms with Crippen LogP contribution in [-0.4, -0.2) is 46.5 Å². The summed E-state index contributed by atoms with van der Waals surface area (Å²) in [6, 6.07) is 17.1. The summed E-state index contributed by atoms with van der Waals surface area (Å²) in [6.45, 7) is 2.70. The van der Waals surface area contributed by atoms with Crippen molar-refractivity contribution in [3.63, 3.8) is 0 Å². The van der Waals surface area contributed by atoms with Crippen molar-refractivity contribution in [2.75, 3.05) is 31.1 Å². The Hall–Kier alpha value is -3.25. The van der Waals surface area contributed by atoms with Crippen LogP contribution in [0, 0.1) is 0 Å². The minimum absolute atomic E-state index is 0.0528. The van der Waals surface area contributed by atoms with Crippen molar-refractivity contribution >= 4 is 45.0 Å². The number of benzene rings is 2. The van der Waals surface area contributed by atoms with Gasteiger partial charge in [0.05, 0.1) is 16.4 Å². The first kappa shape index (κ1) is 18.8. The van der Waals surface area contributed by atoms with Gasteiger partial charge in [-0.15, -0.1) is 0 Å². The standard InChI is InChI=1S/C23H21ClN4O2/c1-26-20(14-18-21(26)17-7-2-3-8-19(17)25-22(18)29)23(30)28-11-9-27(10-12-28)16-6-4-5-15(24)13-16/h2-8,13-14H,9-12H2,1H3,(H,25,29). The minimum Gasteiger partial charge on any atom is -0.368 e. The van der Waals surface area contributed by atoms with Crippen LogP contribution in [0.4, 0.5) is 5.69 Å². The van der Waals surface area contributed by atoms with E-state index in [0.29, 0.717) is 29.2 Å². The maximum atomic E-state index is 13.3. The van der Waals surface area contributed by atoms with E-state index in [9.17, 15) is 9.59 Å². The van der Waals surface area contributed by atoms with E-state index in [1.54, 1.807) is 6.07 Å². The van der Waals surface area contributed by atoms with Gasteiger partial charge in [0, 0.05) is 49.3 Å². The third kappa shape index (κ3) is 3.04. The number of fused-ring (bicyclic) bond motifs is 3. The monoisotopic (exact) mass is 420 g/mol. The van der Waals surface area contributed by atoms with Crippen LogP contribution in [0.15, 0.2) is 59.4 Å². The molecule has 30 heavy (non-hydrogen) atoms. The topological polar surface area (TPSA) is 61.3 Å². The molecule has 4 aromatic rings. The van der Waals surface area contributed by atoms with Gasteiger partial charge in [0.2, 0.25) is 0 Å². The number of piperazine rings is 1. The molecule has 0 bridgehead atoms. The number of carbonyl (C=O) groups excluding carboxylic acids is 1. The summed E-state index contributed by atoms with van der Waals surface area (Å²) in [7, 11) is 1.85. The zero-order valence-corrected chi connectivity index (χ0v) is 17.3. The van der Waals surface area contributed by atoms with Crippen molar-refractivity contribution in [1.29, 1.82) is 0 Å². The number of para-hydroxylation sites is 1. The number of amides is 1. The molecule has 152 valence electrons. The van der Waals surface area contributed by atoms with E-state index in [1.807, 2.05) is 65.0 Å². The molecule has 0 atom stereocenters. The molecule has 2 aromatic carbocycles. The van der Waals surface area contributed by atoms with Crippen molar-refractivity contribution in [3.05, 3.63) is 75.7 Å². The number of H-pyrrole nitrogens is 1. The predicted octanol–water partition coefficient (Wildman–Crippen LogP) is 3.64. The lowest BCUT2D eigenvalue weighted by Crippen LogP contribution is -2.49. The van der Waals surface area contributed by atoms with Crippen LogP contribution in [0.25, 0.3) is 21.8 Å². The number of aromatic amines is 1. The molecular formula is C23H21ClN4O2. The van der Waals surface area contributed by atoms with Gasteiger partial charge in [0.25, 0.3) is 11.5 Å². The van der Waals surface area contributed by atoms with Crippen molar-refractivity contribution in [3.8, 4) is 0 Å². The van der Waals surface area contributed by atoms with Gasteiger partial charge in [-0.3, -0.25) is 9.59 Å². The van der Waals surface area contributed by atoms with Crippen molar-refractivity contribution < 1.29 is 4.79 Å². The summed E-state index contributed by atoms with van der Waals surface area (Å²) in [5.74, 6) is -0.0528. The number of hydrogen-bond acceptors (Lipinski definition) is 3. The lowest BCUT2D eigenvalue weighted by atomic mass is 10.1. The first-order valence-electron chi connectivity index (χ1n) is 9.93. The molecule has 1 amide bonds. The van der Waals surface area contributed by atoms with Gasteiger partial charge in [-0.25, -0.2) is 0 Å². The normalized spacial score (nSPS) is 14.6. The number of rotatable bonds is 2. The quantitative estimate of drug-likeness (QED) is 0.538. The number of nitrogens with zero attached hydrogens (tertiary/aromatic N) is 3. The molecule has 0 saturated carbocycles. The molecule has 0 unspecified atom stereocenters. The molecule has 7 heteroatoms. The summed E-state index contributed by atoms with van der Waals surface area (Å²) < 4.78 is 1.85. The number of hydrogen-bond donors (Lipinski definition) is 1. The Morgan fingerprint density at radius 1 is 0.967 bits per heavy atom. The fraction of sp³-hybridized carbons (Fsp3) is 0.217. The molecule has 2 aromatic heterocycles. The van der Waals surface area contributed by atoms with Gasteiger partial charge >= 0.3 is 0 Å². The van der Waals surface area contributed by atoms with Gasteiger partial charge in [-0.1, -0.05) is 35.9 Å². The van der Waals surface area contributed by atoms with E-state index in [-0.39, 0.29) is 11.5 Å². The predicted molar refractivity (Wildman–Crippen MR) is 121 cm³/mol. The van der Waals surface area contributed by atoms with Gasteiger partial charge in [0.15, 0.2) is 0 Å². The number of pyridine rings is 1. The molecule has 1 aliphatic heterocycles. The number of aromatic nitrogens is 2. The van der Waals surface area contributed by atoms with Crippen molar-refractivity contribution in [2.24, 2.45) is 7.05 Å². The Morgan fingerprint density at radius 3 is 2.50 bits per heavy atom. The van der Waals surface area contributed by atoms with Crippen LogP contribution in [0.3, 0.4) is 0 Å². The summed E-state index contributed by atoms with van der Waals surface area (Å²) in [5.41, 5.74) is 2.98. The van der Waals surface area contributed by atoms with Crippen LogP contribution in [-0.2, 0) is 7.05 Å². The first-order chi connectivity index (χ1) is 14.5. The average molecular weight is 421 g/mol. The van der Waals surface area contributed by atoms with E-state index in [2.05, 4.69) is 9.88 Å². The largest absolute Gasteiger partial charge is 0.368 e. The number of halogens is 1. The zero-order valence-electron chi connectivity index (χ0n) is 16.6. The van der Waals surface area contributed by atoms with Gasteiger partial charge in [-0.2, -0.15) is 0 Å². The van der Waals surface area contributed by atoms with Crippen molar-refractivity contribution in [1.82, 2.24) is 14.5 Å². The summed E-state index contributed by atoms with van der Waals surface area (Å²) in [4.78, 5) is 32.9. The molecule has 1 saturated heterocycles. The van der Waals surface area contributed by atoms with Crippen LogP contribution in [0.1, 0.15) is 10.5 Å². The fourth-order valence-corrected chi connectivity index (χ4v) is 4.48. The number of nitrogens with one attached hydrogen (secondary N) is 1. The summed E-state index contributed by atoms with van der Waals surface area (Å²) in [5, 5.41) is 2.18. The molecule has 0 spiro atoms. The molecule has 1 fully saturated rings. The second-order valence-corrected chi connectivity index (χ2v) is 8.05. The minimum atomic E-state index is -0.177. The van der Waals surface area contributed by atoms with E-state index >= 15 is 0 Å². The Bertz CT molecular complexity index is 1330. The molecule has 3 heterocycles. The smallest absolute Gasteiger partial charge is 0.270 e. The first-order valence-corrected chi connectivity index (χ1v) is 10.3. The van der Waals surface area contributed by atoms with Crippen LogP contribution < -0.4 is 10.5 Å². The highest BCUT2D eigenvalue weighted by atomic mass is 35.5. The SMILES string of the molecule is Cn1c(C(=O)N2CCN(c3cccc(Cl)c3)CC2)cc2c(=O)[nH]c3ccccc3c21. The Kier molecular flexibility index (Phi) is 4.51. The van der Waals surface area contributed by atoms with Crippen LogP contribution in [0.5, 0.6) is 0 Å². The highest BCUT2D eigenvalue weighted by Crippen LogP contribution is 2.25. The fourth-order valence-electron chi connectivity index (χ4n) is 4.30. The van der Waals surface area contributed by atoms with E-state index in [4.69, 9.17) is 11.6 Å². The summed E-state index contributed by atoms with van der Waals surface area (Å²) in [6.07, 6.45) is 0. The zero-order chi connectivity index (χ0) is 20.8. The van der Waals surface area contributed by atoms with Gasteiger partial charge in [0.1, 0.15) is 5.69 Å². The number of aryl methyl sites for hydroxylation is 1. The summed E-state index contributed by atoms with van der Waals surface area (Å²) >= 11 is 6.11. The Labute approximate surface area is 178 Å².